The van der Waals surface area contributed by atoms with Gasteiger partial charge in [0.2, 0.25) is 0 Å². The van der Waals surface area contributed by atoms with Crippen LogP contribution in [-0.2, 0) is 6.61 Å². The molecule has 1 aromatic heterocycles. The first-order valence-corrected chi connectivity index (χ1v) is 5.10. The lowest BCUT2D eigenvalue weighted by Crippen LogP contribution is -2.32. The van der Waals surface area contributed by atoms with Gasteiger partial charge in [0.25, 0.3) is 6.01 Å². The minimum absolute atomic E-state index is 0.0479. The van der Waals surface area contributed by atoms with Crippen LogP contribution in [0.5, 0.6) is 0 Å². The van der Waals surface area contributed by atoms with E-state index in [0.717, 1.165) is 19.0 Å². The van der Waals surface area contributed by atoms with Gasteiger partial charge in [-0.05, 0) is 18.8 Å². The number of rotatable bonds is 2. The molecule has 1 saturated heterocycles. The summed E-state index contributed by atoms with van der Waals surface area (Å²) >= 11 is 0. The van der Waals surface area contributed by atoms with Gasteiger partial charge in [0.05, 0.1) is 6.61 Å². The van der Waals surface area contributed by atoms with Crippen LogP contribution >= 0.6 is 0 Å². The van der Waals surface area contributed by atoms with Gasteiger partial charge < -0.3 is 14.4 Å². The highest BCUT2D eigenvalue weighted by molar-refractivity contribution is 5.27. The van der Waals surface area contributed by atoms with Crippen molar-refractivity contribution in [2.45, 2.75) is 26.4 Å². The molecule has 4 heteroatoms. The minimum Gasteiger partial charge on any atom is -0.432 e. The molecule has 1 fully saturated rings. The monoisotopic (exact) mass is 196 g/mol. The lowest BCUT2D eigenvalue weighted by atomic mass is 10.00. The predicted octanol–water partition coefficient (Wildman–Crippen LogP) is 1.40. The van der Waals surface area contributed by atoms with Crippen molar-refractivity contribution in [2.75, 3.05) is 18.0 Å². The molecule has 0 atom stereocenters. The zero-order valence-corrected chi connectivity index (χ0v) is 8.44. The Hall–Kier alpha value is -1.03. The van der Waals surface area contributed by atoms with Crippen molar-refractivity contribution < 1.29 is 9.52 Å². The SMILES string of the molecule is CC1CCN(c2nc(CO)co2)CC1. The summed E-state index contributed by atoms with van der Waals surface area (Å²) < 4.78 is 5.29. The summed E-state index contributed by atoms with van der Waals surface area (Å²) in [5, 5.41) is 8.85. The largest absolute Gasteiger partial charge is 0.432 e. The van der Waals surface area contributed by atoms with Crippen LogP contribution < -0.4 is 4.90 Å². The van der Waals surface area contributed by atoms with E-state index in [1.165, 1.54) is 19.1 Å². The molecule has 78 valence electrons. The zero-order chi connectivity index (χ0) is 9.97. The third-order valence-corrected chi connectivity index (χ3v) is 2.76. The highest BCUT2D eigenvalue weighted by Gasteiger charge is 2.19. The first-order chi connectivity index (χ1) is 6.79. The second kappa shape index (κ2) is 4.00. The van der Waals surface area contributed by atoms with Crippen LogP contribution in [0.4, 0.5) is 6.01 Å². The van der Waals surface area contributed by atoms with Crippen LogP contribution in [0.25, 0.3) is 0 Å². The highest BCUT2D eigenvalue weighted by atomic mass is 16.4. The number of hydrogen-bond donors (Lipinski definition) is 1. The minimum atomic E-state index is -0.0479. The van der Waals surface area contributed by atoms with Gasteiger partial charge in [0, 0.05) is 13.1 Å². The van der Waals surface area contributed by atoms with Crippen molar-refractivity contribution >= 4 is 6.01 Å². The fourth-order valence-corrected chi connectivity index (χ4v) is 1.71. The Kier molecular flexibility index (Phi) is 2.72. The Morgan fingerprint density at radius 1 is 1.57 bits per heavy atom. The molecule has 1 aromatic rings. The predicted molar refractivity (Wildman–Crippen MR) is 53.0 cm³/mol. The van der Waals surface area contributed by atoms with E-state index in [-0.39, 0.29) is 6.61 Å². The van der Waals surface area contributed by atoms with Gasteiger partial charge in [0.15, 0.2) is 0 Å². The molecule has 0 unspecified atom stereocenters. The van der Waals surface area contributed by atoms with E-state index in [2.05, 4.69) is 16.8 Å². The van der Waals surface area contributed by atoms with Gasteiger partial charge in [-0.3, -0.25) is 0 Å². The Labute approximate surface area is 83.5 Å². The van der Waals surface area contributed by atoms with E-state index in [0.29, 0.717) is 11.7 Å². The van der Waals surface area contributed by atoms with E-state index >= 15 is 0 Å². The summed E-state index contributed by atoms with van der Waals surface area (Å²) in [6, 6.07) is 0.654. The quantitative estimate of drug-likeness (QED) is 0.776. The van der Waals surface area contributed by atoms with Gasteiger partial charge in [-0.15, -0.1) is 0 Å². The standard InChI is InChI=1S/C10H16N2O2/c1-8-2-4-12(5-3-8)10-11-9(6-13)7-14-10/h7-8,13H,2-6H2,1H3. The Morgan fingerprint density at radius 3 is 2.86 bits per heavy atom. The fraction of sp³-hybridized carbons (Fsp3) is 0.700. The molecular formula is C10H16N2O2. The van der Waals surface area contributed by atoms with Crippen LogP contribution in [-0.4, -0.2) is 23.2 Å². The van der Waals surface area contributed by atoms with Crippen LogP contribution in [0, 0.1) is 5.92 Å². The number of aliphatic hydroxyl groups is 1. The van der Waals surface area contributed by atoms with Crippen molar-refractivity contribution in [2.24, 2.45) is 5.92 Å². The Balaban J connectivity index is 2.01. The maximum Gasteiger partial charge on any atom is 0.297 e. The van der Waals surface area contributed by atoms with Crippen molar-refractivity contribution in [3.63, 3.8) is 0 Å². The molecule has 2 rings (SSSR count). The number of hydrogen-bond acceptors (Lipinski definition) is 4. The second-order valence-corrected chi connectivity index (χ2v) is 3.95. The normalized spacial score (nSPS) is 18.9. The second-order valence-electron chi connectivity index (χ2n) is 3.95. The van der Waals surface area contributed by atoms with Crippen molar-refractivity contribution in [3.8, 4) is 0 Å². The van der Waals surface area contributed by atoms with E-state index < -0.39 is 0 Å². The van der Waals surface area contributed by atoms with Crippen LogP contribution in [0.3, 0.4) is 0 Å². The molecule has 14 heavy (non-hydrogen) atoms. The van der Waals surface area contributed by atoms with Crippen LogP contribution in [0.1, 0.15) is 25.5 Å². The average molecular weight is 196 g/mol. The molecule has 0 bridgehead atoms. The van der Waals surface area contributed by atoms with Crippen molar-refractivity contribution in [1.29, 1.82) is 0 Å². The molecule has 1 aliphatic rings. The van der Waals surface area contributed by atoms with Gasteiger partial charge >= 0.3 is 0 Å². The van der Waals surface area contributed by atoms with E-state index in [4.69, 9.17) is 9.52 Å². The van der Waals surface area contributed by atoms with E-state index in [1.54, 1.807) is 0 Å². The summed E-state index contributed by atoms with van der Waals surface area (Å²) in [5.74, 6) is 0.804. The number of piperidine rings is 1. The number of anilines is 1. The molecule has 0 saturated carbocycles. The molecule has 0 aromatic carbocycles. The highest BCUT2D eigenvalue weighted by Crippen LogP contribution is 2.22. The van der Waals surface area contributed by atoms with Gasteiger partial charge in [-0.2, -0.15) is 4.98 Å². The lowest BCUT2D eigenvalue weighted by Gasteiger charge is -2.28. The number of aromatic nitrogens is 1. The molecular weight excluding hydrogens is 180 g/mol. The molecule has 0 aliphatic carbocycles. The third kappa shape index (κ3) is 1.90. The Bertz CT molecular complexity index is 290. The van der Waals surface area contributed by atoms with Crippen LogP contribution in [0.2, 0.25) is 0 Å². The Morgan fingerprint density at radius 2 is 2.29 bits per heavy atom. The number of aliphatic hydroxyl groups excluding tert-OH is 1. The van der Waals surface area contributed by atoms with E-state index in [1.807, 2.05) is 0 Å². The summed E-state index contributed by atoms with van der Waals surface area (Å²) in [6.07, 6.45) is 3.90. The lowest BCUT2D eigenvalue weighted by molar-refractivity contribution is 0.276. The topological polar surface area (TPSA) is 49.5 Å². The first kappa shape index (κ1) is 9.52. The van der Waals surface area contributed by atoms with Gasteiger partial charge in [0.1, 0.15) is 12.0 Å². The third-order valence-electron chi connectivity index (χ3n) is 2.76. The van der Waals surface area contributed by atoms with Crippen molar-refractivity contribution in [1.82, 2.24) is 4.98 Å². The zero-order valence-electron chi connectivity index (χ0n) is 8.44. The maximum absolute atomic E-state index is 8.85. The molecule has 4 nitrogen and oxygen atoms in total. The van der Waals surface area contributed by atoms with E-state index in [9.17, 15) is 0 Å². The molecule has 0 amide bonds. The molecule has 1 N–H and O–H groups in total. The maximum atomic E-state index is 8.85. The van der Waals surface area contributed by atoms with Crippen LogP contribution in [0.15, 0.2) is 10.7 Å². The summed E-state index contributed by atoms with van der Waals surface area (Å²) in [6.45, 7) is 4.24. The summed E-state index contributed by atoms with van der Waals surface area (Å²) in [4.78, 5) is 6.32. The number of nitrogens with zero attached hydrogens (tertiary/aromatic N) is 2. The molecule has 0 radical (unpaired) electrons. The number of oxazole rings is 1. The molecule has 2 heterocycles. The smallest absolute Gasteiger partial charge is 0.297 e. The molecule has 1 aliphatic heterocycles. The van der Waals surface area contributed by atoms with Crippen molar-refractivity contribution in [3.05, 3.63) is 12.0 Å². The summed E-state index contributed by atoms with van der Waals surface area (Å²) in [7, 11) is 0. The molecule has 0 spiro atoms. The van der Waals surface area contributed by atoms with Gasteiger partial charge in [-0.1, -0.05) is 6.92 Å². The van der Waals surface area contributed by atoms with Gasteiger partial charge in [-0.25, -0.2) is 0 Å². The average Bonchev–Trinajstić information content (AvgIpc) is 2.67. The summed E-state index contributed by atoms with van der Waals surface area (Å²) in [5.41, 5.74) is 0.610. The fourth-order valence-electron chi connectivity index (χ4n) is 1.71. The first-order valence-electron chi connectivity index (χ1n) is 5.10.